The Bertz CT molecular complexity index is 1260. The molecular weight excluding hydrogens is 444 g/mol. The summed E-state index contributed by atoms with van der Waals surface area (Å²) in [4.78, 5) is 8.88. The first-order chi connectivity index (χ1) is 15.5. The lowest BCUT2D eigenvalue weighted by Crippen LogP contribution is -2.37. The highest BCUT2D eigenvalue weighted by molar-refractivity contribution is 7.59. The summed E-state index contributed by atoms with van der Waals surface area (Å²) >= 11 is 0. The molecule has 0 aliphatic heterocycles. The van der Waals surface area contributed by atoms with Gasteiger partial charge in [-0.2, -0.15) is 18.6 Å². The molecule has 5 rings (SSSR count). The average Bonchev–Trinajstić information content (AvgIpc) is 3.22. The molecule has 1 aliphatic rings. The van der Waals surface area contributed by atoms with E-state index in [1.165, 1.54) is 6.07 Å². The Labute approximate surface area is 197 Å². The molecule has 172 valence electrons. The van der Waals surface area contributed by atoms with Crippen LogP contribution in [0.5, 0.6) is 0 Å². The normalized spacial score (nSPS) is 18.7. The highest BCUT2D eigenvalue weighted by Gasteiger charge is 2.34. The zero-order valence-electron chi connectivity index (χ0n) is 18.0. The first-order valence-electron chi connectivity index (χ1n) is 10.5. The Kier molecular flexibility index (Phi) is 6.73. The van der Waals surface area contributed by atoms with Crippen LogP contribution in [0.25, 0.3) is 28.0 Å². The molecule has 1 saturated carbocycles. The van der Waals surface area contributed by atoms with E-state index in [1.807, 2.05) is 36.4 Å². The van der Waals surface area contributed by atoms with E-state index in [0.29, 0.717) is 11.7 Å². The Morgan fingerprint density at radius 3 is 2.55 bits per heavy atom. The van der Waals surface area contributed by atoms with Crippen molar-refractivity contribution < 1.29 is 13.5 Å². The van der Waals surface area contributed by atoms with Gasteiger partial charge in [0.25, 0.3) is 6.43 Å². The number of nitrogens with two attached hydrogens (primary N) is 1. The summed E-state index contributed by atoms with van der Waals surface area (Å²) in [7, 11) is 1.73. The third-order valence-corrected chi connectivity index (χ3v) is 6.15. The SMILES string of the molecule is COC1CC([C@H](N)c2cccc(-c3ccc4cnn(-c5cccc(C(F)F)n5)c4c3)n2)C1.S. The summed E-state index contributed by atoms with van der Waals surface area (Å²) in [6, 6.07) is 16.1. The van der Waals surface area contributed by atoms with Crippen LogP contribution in [0.1, 0.15) is 36.7 Å². The number of halogens is 2. The number of rotatable bonds is 6. The fraction of sp³-hybridized carbons (Fsp3) is 0.292. The number of methoxy groups -OCH3 is 1. The lowest BCUT2D eigenvalue weighted by Gasteiger charge is -2.37. The van der Waals surface area contributed by atoms with E-state index in [1.54, 1.807) is 30.1 Å². The Balaban J connectivity index is 0.00000259. The molecule has 0 bridgehead atoms. The minimum Gasteiger partial charge on any atom is -0.381 e. The zero-order valence-corrected chi connectivity index (χ0v) is 19.0. The molecule has 33 heavy (non-hydrogen) atoms. The van der Waals surface area contributed by atoms with E-state index >= 15 is 0 Å². The van der Waals surface area contributed by atoms with E-state index in [4.69, 9.17) is 15.5 Å². The van der Waals surface area contributed by atoms with Gasteiger partial charge in [0.2, 0.25) is 0 Å². The monoisotopic (exact) mass is 469 g/mol. The van der Waals surface area contributed by atoms with Gasteiger partial charge in [-0.1, -0.05) is 24.3 Å². The number of nitrogens with zero attached hydrogens (tertiary/aromatic N) is 4. The third-order valence-electron chi connectivity index (χ3n) is 6.15. The van der Waals surface area contributed by atoms with Crippen molar-refractivity contribution in [3.63, 3.8) is 0 Å². The van der Waals surface area contributed by atoms with Crippen molar-refractivity contribution in [2.75, 3.05) is 7.11 Å². The molecule has 0 amide bonds. The molecule has 3 heterocycles. The van der Waals surface area contributed by atoms with Crippen molar-refractivity contribution >= 4 is 24.4 Å². The maximum absolute atomic E-state index is 13.1. The topological polar surface area (TPSA) is 78.9 Å². The van der Waals surface area contributed by atoms with Gasteiger partial charge in [0.1, 0.15) is 5.69 Å². The maximum Gasteiger partial charge on any atom is 0.280 e. The highest BCUT2D eigenvalue weighted by atomic mass is 32.1. The van der Waals surface area contributed by atoms with Crippen molar-refractivity contribution in [2.24, 2.45) is 11.7 Å². The third kappa shape index (κ3) is 4.48. The predicted molar refractivity (Wildman–Crippen MR) is 128 cm³/mol. The van der Waals surface area contributed by atoms with Gasteiger partial charge in [-0.3, -0.25) is 4.98 Å². The number of alkyl halides is 2. The molecule has 1 fully saturated rings. The molecule has 2 N–H and O–H groups in total. The molecule has 1 aliphatic carbocycles. The van der Waals surface area contributed by atoms with Gasteiger partial charge in [-0.05, 0) is 49.1 Å². The summed E-state index contributed by atoms with van der Waals surface area (Å²) < 4.78 is 33.1. The van der Waals surface area contributed by atoms with Gasteiger partial charge in [0, 0.05) is 18.1 Å². The van der Waals surface area contributed by atoms with Crippen molar-refractivity contribution in [1.29, 1.82) is 0 Å². The second kappa shape index (κ2) is 9.54. The van der Waals surface area contributed by atoms with E-state index < -0.39 is 6.43 Å². The lowest BCUT2D eigenvalue weighted by atomic mass is 9.76. The first-order valence-corrected chi connectivity index (χ1v) is 10.5. The minimum absolute atomic E-state index is 0. The Morgan fingerprint density at radius 2 is 1.79 bits per heavy atom. The predicted octanol–water partition coefficient (Wildman–Crippen LogP) is 4.96. The second-order valence-electron chi connectivity index (χ2n) is 8.11. The van der Waals surface area contributed by atoms with Crippen LogP contribution in [0, 0.1) is 5.92 Å². The number of hydrogen-bond acceptors (Lipinski definition) is 5. The van der Waals surface area contributed by atoms with Gasteiger partial charge >= 0.3 is 0 Å². The Morgan fingerprint density at radius 1 is 1.03 bits per heavy atom. The summed E-state index contributed by atoms with van der Waals surface area (Å²) in [5, 5.41) is 5.24. The number of aromatic nitrogens is 4. The summed E-state index contributed by atoms with van der Waals surface area (Å²) in [5.41, 5.74) is 9.49. The number of ether oxygens (including phenoxy) is 1. The summed E-state index contributed by atoms with van der Waals surface area (Å²) in [6.07, 6.45) is 1.23. The van der Waals surface area contributed by atoms with Gasteiger partial charge < -0.3 is 10.5 Å². The number of pyridine rings is 2. The molecule has 1 atom stereocenters. The molecule has 0 spiro atoms. The van der Waals surface area contributed by atoms with Crippen LogP contribution in [-0.4, -0.2) is 33.0 Å². The molecule has 4 aromatic rings. The molecule has 0 unspecified atom stereocenters. The fourth-order valence-corrected chi connectivity index (χ4v) is 4.17. The molecule has 1 aromatic carbocycles. The van der Waals surface area contributed by atoms with Crippen LogP contribution in [0.4, 0.5) is 8.78 Å². The van der Waals surface area contributed by atoms with E-state index in [2.05, 4.69) is 10.1 Å². The van der Waals surface area contributed by atoms with Crippen molar-refractivity contribution in [3.05, 3.63) is 72.2 Å². The van der Waals surface area contributed by atoms with E-state index in [9.17, 15) is 8.78 Å². The van der Waals surface area contributed by atoms with Crippen LogP contribution >= 0.6 is 13.5 Å². The van der Waals surface area contributed by atoms with Crippen LogP contribution in [0.2, 0.25) is 0 Å². The van der Waals surface area contributed by atoms with Crippen LogP contribution < -0.4 is 5.73 Å². The average molecular weight is 470 g/mol. The molecule has 0 saturated heterocycles. The van der Waals surface area contributed by atoms with Crippen molar-refractivity contribution in [3.8, 4) is 17.1 Å². The van der Waals surface area contributed by atoms with Gasteiger partial charge in [-0.15, -0.1) is 0 Å². The fourth-order valence-electron chi connectivity index (χ4n) is 4.17. The standard InChI is InChI=1S/C24H23F2N5O.H2S/c1-32-17-10-16(11-17)23(27)19-5-2-4-18(29-19)14-8-9-15-13-28-31(21(15)12-14)22-7-3-6-20(30-22)24(25)26;/h2-9,12-13,16-17,23-24H,10-11,27H2,1H3;1H2/t16?,17?,23-;/m0./s1. The second-order valence-corrected chi connectivity index (χ2v) is 8.11. The molecule has 6 nitrogen and oxygen atoms in total. The number of fused-ring (bicyclic) bond motifs is 1. The number of benzene rings is 1. The van der Waals surface area contributed by atoms with Crippen LogP contribution in [0.15, 0.2) is 60.8 Å². The van der Waals surface area contributed by atoms with E-state index in [-0.39, 0.29) is 31.3 Å². The largest absolute Gasteiger partial charge is 0.381 e. The van der Waals surface area contributed by atoms with E-state index in [0.717, 1.165) is 40.7 Å². The first kappa shape index (κ1) is 23.3. The smallest absolute Gasteiger partial charge is 0.280 e. The van der Waals surface area contributed by atoms with Crippen LogP contribution in [0.3, 0.4) is 0 Å². The molecule has 0 radical (unpaired) electrons. The quantitative estimate of drug-likeness (QED) is 0.432. The summed E-state index contributed by atoms with van der Waals surface area (Å²) in [5.74, 6) is 0.705. The maximum atomic E-state index is 13.1. The lowest BCUT2D eigenvalue weighted by molar-refractivity contribution is -0.00820. The van der Waals surface area contributed by atoms with Crippen LogP contribution in [-0.2, 0) is 4.74 Å². The Hall–Kier alpha value is -2.88. The molecular formula is C24H25F2N5OS. The highest BCUT2D eigenvalue weighted by Crippen LogP contribution is 2.38. The van der Waals surface area contributed by atoms with Gasteiger partial charge in [0.05, 0.1) is 35.2 Å². The van der Waals surface area contributed by atoms with Gasteiger partial charge in [0.15, 0.2) is 5.82 Å². The van der Waals surface area contributed by atoms with Crippen molar-refractivity contribution in [1.82, 2.24) is 19.7 Å². The summed E-state index contributed by atoms with van der Waals surface area (Å²) in [6.45, 7) is 0. The van der Waals surface area contributed by atoms with Gasteiger partial charge in [-0.25, -0.2) is 18.4 Å². The zero-order chi connectivity index (χ0) is 22.2. The van der Waals surface area contributed by atoms with Crippen molar-refractivity contribution in [2.45, 2.75) is 31.4 Å². The minimum atomic E-state index is -2.64. The number of hydrogen-bond donors (Lipinski definition) is 1. The molecule has 3 aromatic heterocycles. The molecule has 9 heteroatoms.